The van der Waals surface area contributed by atoms with Crippen LogP contribution in [0.3, 0.4) is 0 Å². The van der Waals surface area contributed by atoms with E-state index in [-0.39, 0.29) is 9.92 Å². The largest absolute Gasteiger partial charge is 0.381 e. The maximum absolute atomic E-state index is 12.4. The Morgan fingerprint density at radius 3 is 2.71 bits per heavy atom. The number of halogens is 1. The van der Waals surface area contributed by atoms with Crippen LogP contribution in [0.15, 0.2) is 23.1 Å². The minimum Gasteiger partial charge on any atom is -0.381 e. The van der Waals surface area contributed by atoms with Crippen molar-refractivity contribution in [3.63, 3.8) is 0 Å². The molecule has 1 aromatic carbocycles. The molecule has 0 aliphatic carbocycles. The second-order valence-corrected chi connectivity index (χ2v) is 7.35. The van der Waals surface area contributed by atoms with Gasteiger partial charge in [-0.2, -0.15) is 0 Å². The summed E-state index contributed by atoms with van der Waals surface area (Å²) in [4.78, 5) is 0.143. The van der Waals surface area contributed by atoms with Crippen LogP contribution < -0.4 is 10.0 Å². The Kier molecular flexibility index (Phi) is 6.01. The van der Waals surface area contributed by atoms with Gasteiger partial charge in [0, 0.05) is 26.3 Å². The first-order chi connectivity index (χ1) is 10.0. The van der Waals surface area contributed by atoms with Gasteiger partial charge in [0.05, 0.1) is 5.02 Å². The SMILES string of the molecule is CNCc1ccc(Cl)c(S(=O)(=O)NCC2CCOCC2)c1. The van der Waals surface area contributed by atoms with Gasteiger partial charge in [-0.15, -0.1) is 0 Å². The van der Waals surface area contributed by atoms with Crippen molar-refractivity contribution in [2.45, 2.75) is 24.3 Å². The zero-order valence-corrected chi connectivity index (χ0v) is 13.6. The molecule has 1 aliphatic rings. The summed E-state index contributed by atoms with van der Waals surface area (Å²) in [6.45, 7) is 2.42. The molecule has 0 spiro atoms. The predicted molar refractivity (Wildman–Crippen MR) is 82.9 cm³/mol. The summed E-state index contributed by atoms with van der Waals surface area (Å²) in [6.07, 6.45) is 1.77. The highest BCUT2D eigenvalue weighted by Crippen LogP contribution is 2.23. The van der Waals surface area contributed by atoms with Crippen LogP contribution in [0.5, 0.6) is 0 Å². The van der Waals surface area contributed by atoms with Gasteiger partial charge in [-0.05, 0) is 43.5 Å². The van der Waals surface area contributed by atoms with Crippen molar-refractivity contribution in [2.24, 2.45) is 5.92 Å². The number of hydrogen-bond donors (Lipinski definition) is 2. The van der Waals surface area contributed by atoms with Gasteiger partial charge < -0.3 is 10.1 Å². The maximum Gasteiger partial charge on any atom is 0.242 e. The van der Waals surface area contributed by atoms with Crippen LogP contribution in [0.1, 0.15) is 18.4 Å². The van der Waals surface area contributed by atoms with E-state index in [1.807, 2.05) is 13.1 Å². The fourth-order valence-electron chi connectivity index (χ4n) is 2.32. The summed E-state index contributed by atoms with van der Waals surface area (Å²) in [6, 6.07) is 5.05. The van der Waals surface area contributed by atoms with Crippen LogP contribution in [0.4, 0.5) is 0 Å². The van der Waals surface area contributed by atoms with Gasteiger partial charge >= 0.3 is 0 Å². The Bertz CT molecular complexity index is 572. The van der Waals surface area contributed by atoms with E-state index in [4.69, 9.17) is 16.3 Å². The molecular weight excluding hydrogens is 312 g/mol. The third kappa shape index (κ3) is 4.66. The molecule has 1 fully saturated rings. The zero-order chi connectivity index (χ0) is 15.3. The van der Waals surface area contributed by atoms with Crippen LogP contribution in [0.25, 0.3) is 0 Å². The first-order valence-electron chi connectivity index (χ1n) is 7.03. The van der Waals surface area contributed by atoms with Crippen LogP contribution >= 0.6 is 11.6 Å². The monoisotopic (exact) mass is 332 g/mol. The van der Waals surface area contributed by atoms with Gasteiger partial charge in [-0.1, -0.05) is 17.7 Å². The van der Waals surface area contributed by atoms with Gasteiger partial charge in [-0.25, -0.2) is 13.1 Å². The molecule has 5 nitrogen and oxygen atoms in total. The predicted octanol–water partition coefficient (Wildman–Crippen LogP) is 1.76. The summed E-state index contributed by atoms with van der Waals surface area (Å²) in [5, 5.41) is 3.24. The third-order valence-electron chi connectivity index (χ3n) is 3.57. The van der Waals surface area contributed by atoms with Gasteiger partial charge in [0.15, 0.2) is 0 Å². The average Bonchev–Trinajstić information content (AvgIpc) is 2.48. The van der Waals surface area contributed by atoms with E-state index < -0.39 is 10.0 Å². The topological polar surface area (TPSA) is 67.4 Å². The Balaban J connectivity index is 2.08. The Morgan fingerprint density at radius 1 is 1.33 bits per heavy atom. The molecule has 1 aromatic rings. The Labute approximate surface area is 131 Å². The maximum atomic E-state index is 12.4. The first kappa shape index (κ1) is 16.7. The molecular formula is C14H21ClN2O3S. The number of benzene rings is 1. The standard InChI is InChI=1S/C14H21ClN2O3S/c1-16-9-12-2-3-13(15)14(8-12)21(18,19)17-10-11-4-6-20-7-5-11/h2-3,8,11,16-17H,4-7,9-10H2,1H3. The molecule has 0 radical (unpaired) electrons. The number of hydrogen-bond acceptors (Lipinski definition) is 4. The van der Waals surface area contributed by atoms with Crippen LogP contribution in [0, 0.1) is 5.92 Å². The highest BCUT2D eigenvalue weighted by Gasteiger charge is 2.21. The minimum absolute atomic E-state index is 0.143. The van der Waals surface area contributed by atoms with E-state index in [0.29, 0.717) is 32.2 Å². The number of nitrogens with one attached hydrogen (secondary N) is 2. The Morgan fingerprint density at radius 2 is 2.05 bits per heavy atom. The van der Waals surface area contributed by atoms with Crippen molar-refractivity contribution in [3.05, 3.63) is 28.8 Å². The van der Waals surface area contributed by atoms with Crippen molar-refractivity contribution in [2.75, 3.05) is 26.8 Å². The molecule has 118 valence electrons. The van der Waals surface area contributed by atoms with E-state index in [0.717, 1.165) is 18.4 Å². The molecule has 2 rings (SSSR count). The molecule has 0 unspecified atom stereocenters. The molecule has 2 N–H and O–H groups in total. The second kappa shape index (κ2) is 7.56. The van der Waals surface area contributed by atoms with E-state index in [1.54, 1.807) is 12.1 Å². The molecule has 0 aromatic heterocycles. The van der Waals surface area contributed by atoms with Gasteiger partial charge in [0.1, 0.15) is 4.90 Å². The molecule has 7 heteroatoms. The molecule has 0 bridgehead atoms. The smallest absolute Gasteiger partial charge is 0.242 e. The fourth-order valence-corrected chi connectivity index (χ4v) is 3.99. The average molecular weight is 333 g/mol. The van der Waals surface area contributed by atoms with E-state index in [9.17, 15) is 8.42 Å². The molecule has 1 aliphatic heterocycles. The fraction of sp³-hybridized carbons (Fsp3) is 0.571. The molecule has 0 amide bonds. The van der Waals surface area contributed by atoms with Crippen molar-refractivity contribution < 1.29 is 13.2 Å². The van der Waals surface area contributed by atoms with Crippen molar-refractivity contribution in [1.29, 1.82) is 0 Å². The normalized spacial score (nSPS) is 17.0. The number of sulfonamides is 1. The van der Waals surface area contributed by atoms with E-state index >= 15 is 0 Å². The molecule has 1 saturated heterocycles. The molecule has 0 saturated carbocycles. The summed E-state index contributed by atoms with van der Waals surface area (Å²) in [7, 11) is -1.77. The van der Waals surface area contributed by atoms with Gasteiger partial charge in [0.2, 0.25) is 10.0 Å². The summed E-state index contributed by atoms with van der Waals surface area (Å²) in [5.41, 5.74) is 0.883. The quantitative estimate of drug-likeness (QED) is 0.833. The summed E-state index contributed by atoms with van der Waals surface area (Å²) < 4.78 is 32.7. The lowest BCUT2D eigenvalue weighted by Gasteiger charge is -2.22. The molecule has 21 heavy (non-hydrogen) atoms. The van der Waals surface area contributed by atoms with E-state index in [1.165, 1.54) is 0 Å². The highest BCUT2D eigenvalue weighted by molar-refractivity contribution is 7.89. The van der Waals surface area contributed by atoms with Crippen molar-refractivity contribution in [1.82, 2.24) is 10.0 Å². The highest BCUT2D eigenvalue weighted by atomic mass is 35.5. The molecule has 1 heterocycles. The lowest BCUT2D eigenvalue weighted by Crippen LogP contribution is -2.32. The van der Waals surface area contributed by atoms with Crippen LogP contribution in [0.2, 0.25) is 5.02 Å². The van der Waals surface area contributed by atoms with Crippen LogP contribution in [-0.4, -0.2) is 35.2 Å². The van der Waals surface area contributed by atoms with Crippen LogP contribution in [-0.2, 0) is 21.3 Å². The van der Waals surface area contributed by atoms with Gasteiger partial charge in [0.25, 0.3) is 0 Å². The second-order valence-electron chi connectivity index (χ2n) is 5.20. The minimum atomic E-state index is -3.58. The lowest BCUT2D eigenvalue weighted by atomic mass is 10.0. The first-order valence-corrected chi connectivity index (χ1v) is 8.89. The van der Waals surface area contributed by atoms with Crippen molar-refractivity contribution in [3.8, 4) is 0 Å². The molecule has 0 atom stereocenters. The van der Waals surface area contributed by atoms with E-state index in [2.05, 4.69) is 10.0 Å². The zero-order valence-electron chi connectivity index (χ0n) is 12.1. The Hall–Kier alpha value is -0.660. The number of ether oxygens (including phenoxy) is 1. The summed E-state index contributed by atoms with van der Waals surface area (Å²) >= 11 is 6.04. The lowest BCUT2D eigenvalue weighted by molar-refractivity contribution is 0.0678. The number of rotatable bonds is 6. The van der Waals surface area contributed by atoms with Crippen molar-refractivity contribution >= 4 is 21.6 Å². The van der Waals surface area contributed by atoms with Gasteiger partial charge in [-0.3, -0.25) is 0 Å². The third-order valence-corrected chi connectivity index (χ3v) is 5.47. The summed E-state index contributed by atoms with van der Waals surface area (Å²) in [5.74, 6) is 0.327.